The smallest absolute Gasteiger partial charge is 0.341 e. The van der Waals surface area contributed by atoms with Crippen molar-refractivity contribution in [1.29, 1.82) is 0 Å². The molecule has 5 nitrogen and oxygen atoms in total. The molecule has 2 aromatic rings. The first-order valence-corrected chi connectivity index (χ1v) is 8.83. The number of amides is 1. The quantitative estimate of drug-likeness (QED) is 0.412. The van der Waals surface area contributed by atoms with Crippen LogP contribution in [-0.2, 0) is 9.53 Å². The monoisotopic (exact) mass is 439 g/mol. The van der Waals surface area contributed by atoms with Crippen molar-refractivity contribution < 1.29 is 19.4 Å². The van der Waals surface area contributed by atoms with Gasteiger partial charge in [0.15, 0.2) is 5.60 Å². The Hall–Kier alpha value is -1.93. The molecule has 0 aliphatic carbocycles. The zero-order valence-corrected chi connectivity index (χ0v) is 15.3. The number of esters is 1. The fourth-order valence-corrected chi connectivity index (χ4v) is 3.11. The Bertz CT molecular complexity index is 693. The molecule has 24 heavy (non-hydrogen) atoms. The van der Waals surface area contributed by atoms with Crippen LogP contribution < -0.4 is 5.32 Å². The van der Waals surface area contributed by atoms with E-state index in [9.17, 15) is 14.7 Å². The summed E-state index contributed by atoms with van der Waals surface area (Å²) in [5, 5.41) is 13.7. The minimum atomic E-state index is -1.87. The van der Waals surface area contributed by atoms with Crippen LogP contribution in [-0.4, -0.2) is 34.1 Å². The molecule has 0 bridgehead atoms. The Labute approximate surface area is 154 Å². The summed E-state index contributed by atoms with van der Waals surface area (Å²) in [7, 11) is 1.21. The second-order valence-corrected chi connectivity index (χ2v) is 6.00. The molecule has 0 fully saturated rings. The molecule has 0 heterocycles. The first-order chi connectivity index (χ1) is 11.5. The van der Waals surface area contributed by atoms with E-state index < -0.39 is 17.6 Å². The maximum Gasteiger partial charge on any atom is 0.341 e. The number of halogens is 1. The van der Waals surface area contributed by atoms with Crippen molar-refractivity contribution in [3.05, 3.63) is 71.8 Å². The van der Waals surface area contributed by atoms with Crippen LogP contribution in [0.25, 0.3) is 0 Å². The highest BCUT2D eigenvalue weighted by Crippen LogP contribution is 2.30. The molecule has 0 radical (unpaired) electrons. The van der Waals surface area contributed by atoms with Gasteiger partial charge in [-0.3, -0.25) is 4.79 Å². The summed E-state index contributed by atoms with van der Waals surface area (Å²) in [6.07, 6.45) is 0. The average molecular weight is 439 g/mol. The zero-order valence-electron chi connectivity index (χ0n) is 13.1. The Kier molecular flexibility index (Phi) is 6.33. The standard InChI is InChI=1S/C18H18INO4/c1-24-17(22)18(23,12-19)15(13-8-4-2-5-9-13)20-16(21)14-10-6-3-7-11-14/h2-11,15,23H,12H2,1H3,(H,20,21)/t15-,18+/m0/s1. The average Bonchev–Trinajstić information content (AvgIpc) is 2.66. The van der Waals surface area contributed by atoms with Crippen LogP contribution in [0.1, 0.15) is 22.0 Å². The van der Waals surface area contributed by atoms with Gasteiger partial charge in [0.2, 0.25) is 0 Å². The van der Waals surface area contributed by atoms with Gasteiger partial charge in [0.25, 0.3) is 5.91 Å². The summed E-state index contributed by atoms with van der Waals surface area (Å²) in [4.78, 5) is 24.7. The van der Waals surface area contributed by atoms with E-state index in [2.05, 4.69) is 5.32 Å². The third-order valence-electron chi connectivity index (χ3n) is 3.66. The summed E-state index contributed by atoms with van der Waals surface area (Å²) in [5.74, 6) is -1.17. The van der Waals surface area contributed by atoms with Crippen LogP contribution in [0, 0.1) is 0 Å². The van der Waals surface area contributed by atoms with Crippen molar-refractivity contribution in [3.8, 4) is 0 Å². The van der Waals surface area contributed by atoms with Crippen molar-refractivity contribution >= 4 is 34.5 Å². The molecule has 0 spiro atoms. The van der Waals surface area contributed by atoms with Crippen molar-refractivity contribution in [2.75, 3.05) is 11.5 Å². The molecule has 0 unspecified atom stereocenters. The van der Waals surface area contributed by atoms with Gasteiger partial charge in [-0.05, 0) is 17.7 Å². The third-order valence-corrected chi connectivity index (χ3v) is 4.83. The summed E-state index contributed by atoms with van der Waals surface area (Å²) >= 11 is 1.91. The van der Waals surface area contributed by atoms with Gasteiger partial charge in [0, 0.05) is 9.99 Å². The van der Waals surface area contributed by atoms with Crippen LogP contribution in [0.4, 0.5) is 0 Å². The molecule has 6 heteroatoms. The molecule has 0 saturated carbocycles. The lowest BCUT2D eigenvalue weighted by Gasteiger charge is -2.33. The van der Waals surface area contributed by atoms with Gasteiger partial charge in [-0.15, -0.1) is 0 Å². The maximum atomic E-state index is 12.5. The van der Waals surface area contributed by atoms with E-state index in [1.165, 1.54) is 7.11 Å². The molecule has 2 aromatic carbocycles. The number of benzene rings is 2. The molecule has 126 valence electrons. The van der Waals surface area contributed by atoms with Crippen molar-refractivity contribution in [3.63, 3.8) is 0 Å². The Morgan fingerprint density at radius 3 is 2.17 bits per heavy atom. The number of hydrogen-bond donors (Lipinski definition) is 2. The number of alkyl halides is 1. The van der Waals surface area contributed by atoms with Crippen molar-refractivity contribution in [2.45, 2.75) is 11.6 Å². The number of rotatable bonds is 6. The summed E-state index contributed by atoms with van der Waals surface area (Å²) in [6, 6.07) is 16.6. The molecule has 0 aliphatic heterocycles. The fourth-order valence-electron chi connectivity index (χ4n) is 2.35. The van der Waals surface area contributed by atoms with E-state index in [4.69, 9.17) is 4.74 Å². The van der Waals surface area contributed by atoms with E-state index in [1.807, 2.05) is 28.7 Å². The second-order valence-electron chi connectivity index (χ2n) is 5.23. The molecule has 0 saturated heterocycles. The van der Waals surface area contributed by atoms with E-state index in [1.54, 1.807) is 54.6 Å². The number of aliphatic hydroxyl groups is 1. The fraction of sp³-hybridized carbons (Fsp3) is 0.222. The largest absolute Gasteiger partial charge is 0.467 e. The maximum absolute atomic E-state index is 12.5. The minimum absolute atomic E-state index is 0.0616. The molecule has 0 aliphatic rings. The highest BCUT2D eigenvalue weighted by molar-refractivity contribution is 14.1. The lowest BCUT2D eigenvalue weighted by molar-refractivity contribution is -0.162. The van der Waals surface area contributed by atoms with Crippen LogP contribution >= 0.6 is 22.6 Å². The van der Waals surface area contributed by atoms with E-state index in [0.717, 1.165) is 0 Å². The number of carbonyl (C=O) groups is 2. The number of ether oxygens (including phenoxy) is 1. The highest BCUT2D eigenvalue weighted by Gasteiger charge is 2.46. The number of nitrogens with one attached hydrogen (secondary N) is 1. The van der Waals surface area contributed by atoms with Gasteiger partial charge < -0.3 is 15.2 Å². The molecule has 0 aromatic heterocycles. The summed E-state index contributed by atoms with van der Waals surface area (Å²) < 4.78 is 4.81. The van der Waals surface area contributed by atoms with Gasteiger partial charge in [0.05, 0.1) is 13.2 Å². The van der Waals surface area contributed by atoms with Crippen LogP contribution in [0.15, 0.2) is 60.7 Å². The van der Waals surface area contributed by atoms with Crippen molar-refractivity contribution in [1.82, 2.24) is 5.32 Å². The predicted molar refractivity (Wildman–Crippen MR) is 98.9 cm³/mol. The molecule has 2 atom stereocenters. The molecule has 1 amide bonds. The normalized spacial score (nSPS) is 14.3. The molecule has 2 N–H and O–H groups in total. The lowest BCUT2D eigenvalue weighted by Crippen LogP contribution is -2.53. The van der Waals surface area contributed by atoms with Crippen LogP contribution in [0.5, 0.6) is 0 Å². The SMILES string of the molecule is COC(=O)[C@@](O)(CI)[C@@H](NC(=O)c1ccccc1)c1ccccc1. The number of hydrogen-bond acceptors (Lipinski definition) is 4. The van der Waals surface area contributed by atoms with E-state index in [-0.39, 0.29) is 10.3 Å². The van der Waals surface area contributed by atoms with Gasteiger partial charge in [-0.1, -0.05) is 71.1 Å². The first kappa shape index (κ1) is 18.4. The van der Waals surface area contributed by atoms with Gasteiger partial charge in [0.1, 0.15) is 0 Å². The van der Waals surface area contributed by atoms with E-state index in [0.29, 0.717) is 11.1 Å². The Balaban J connectivity index is 2.40. The lowest BCUT2D eigenvalue weighted by atomic mass is 9.89. The predicted octanol–water partition coefficient (Wildman–Crippen LogP) is 2.50. The van der Waals surface area contributed by atoms with Gasteiger partial charge in [-0.25, -0.2) is 4.79 Å². The molecule has 2 rings (SSSR count). The highest BCUT2D eigenvalue weighted by atomic mass is 127. The topological polar surface area (TPSA) is 75.6 Å². The first-order valence-electron chi connectivity index (χ1n) is 7.30. The van der Waals surface area contributed by atoms with Crippen LogP contribution in [0.3, 0.4) is 0 Å². The van der Waals surface area contributed by atoms with Crippen LogP contribution in [0.2, 0.25) is 0 Å². The Morgan fingerprint density at radius 1 is 1.12 bits per heavy atom. The minimum Gasteiger partial charge on any atom is -0.467 e. The third kappa shape index (κ3) is 3.93. The second kappa shape index (κ2) is 8.25. The molecular formula is C18H18INO4. The van der Waals surface area contributed by atoms with E-state index >= 15 is 0 Å². The number of carbonyl (C=O) groups excluding carboxylic acids is 2. The summed E-state index contributed by atoms with van der Waals surface area (Å²) in [6.45, 7) is 0. The summed E-state index contributed by atoms with van der Waals surface area (Å²) in [5.41, 5.74) is -0.813. The van der Waals surface area contributed by atoms with Crippen molar-refractivity contribution in [2.24, 2.45) is 0 Å². The molecular weight excluding hydrogens is 421 g/mol. The van der Waals surface area contributed by atoms with Gasteiger partial charge >= 0.3 is 5.97 Å². The van der Waals surface area contributed by atoms with Gasteiger partial charge in [-0.2, -0.15) is 0 Å². The zero-order chi connectivity index (χ0) is 17.6. The Morgan fingerprint density at radius 2 is 1.67 bits per heavy atom. The number of methoxy groups -OCH3 is 1.